The lowest BCUT2D eigenvalue weighted by atomic mass is 10.1. The standard InChI is InChI=1S/C24H27Cl2N3O4/c25-17-6-4-16(5-7-17)15-28-24(32)20-9-11-22(30)27-12-2-1-3-13-33-21-10-8-18(26)14-19(21)23(31)29-20/h4-8,10,14,20H,1-3,9,11-13,15H2,(H,27,30)(H,28,32)(H,29,31)/t20-/m0/s1. The van der Waals surface area contributed by atoms with Crippen molar-refractivity contribution >= 4 is 40.9 Å². The number of hydrogen-bond acceptors (Lipinski definition) is 4. The number of ether oxygens (including phenoxy) is 1. The van der Waals surface area contributed by atoms with Crippen molar-refractivity contribution in [2.75, 3.05) is 13.2 Å². The molecule has 3 N–H and O–H groups in total. The Bertz CT molecular complexity index is 982. The van der Waals surface area contributed by atoms with Crippen molar-refractivity contribution in [3.05, 3.63) is 63.6 Å². The Morgan fingerprint density at radius 1 is 1.03 bits per heavy atom. The van der Waals surface area contributed by atoms with Gasteiger partial charge in [0.25, 0.3) is 5.91 Å². The molecular formula is C24H27Cl2N3O4. The number of carbonyl (C=O) groups excluding carboxylic acids is 3. The maximum absolute atomic E-state index is 13.1. The maximum Gasteiger partial charge on any atom is 0.255 e. The number of benzene rings is 2. The second-order valence-electron chi connectivity index (χ2n) is 7.81. The van der Waals surface area contributed by atoms with Gasteiger partial charge in [-0.15, -0.1) is 0 Å². The molecule has 0 saturated heterocycles. The van der Waals surface area contributed by atoms with Gasteiger partial charge in [0.2, 0.25) is 11.8 Å². The van der Waals surface area contributed by atoms with Gasteiger partial charge in [-0.3, -0.25) is 14.4 Å². The first-order valence-electron chi connectivity index (χ1n) is 10.9. The monoisotopic (exact) mass is 491 g/mol. The molecule has 0 spiro atoms. The third-order valence-corrected chi connectivity index (χ3v) is 5.74. The molecule has 1 atom stereocenters. The van der Waals surface area contributed by atoms with Crippen molar-refractivity contribution in [2.24, 2.45) is 0 Å². The van der Waals surface area contributed by atoms with E-state index in [-0.39, 0.29) is 36.8 Å². The molecule has 0 aliphatic carbocycles. The highest BCUT2D eigenvalue weighted by molar-refractivity contribution is 6.31. The lowest BCUT2D eigenvalue weighted by Gasteiger charge is -2.19. The molecule has 1 heterocycles. The van der Waals surface area contributed by atoms with Crippen LogP contribution in [0.2, 0.25) is 10.0 Å². The van der Waals surface area contributed by atoms with Crippen molar-refractivity contribution < 1.29 is 19.1 Å². The van der Waals surface area contributed by atoms with E-state index in [4.69, 9.17) is 27.9 Å². The van der Waals surface area contributed by atoms with Crippen LogP contribution in [0.5, 0.6) is 5.75 Å². The number of carbonyl (C=O) groups is 3. The summed E-state index contributed by atoms with van der Waals surface area (Å²) in [6, 6.07) is 11.0. The summed E-state index contributed by atoms with van der Waals surface area (Å²) in [5, 5.41) is 9.40. The quantitative estimate of drug-likeness (QED) is 0.606. The second kappa shape index (κ2) is 12.5. The molecule has 1 aliphatic rings. The molecule has 0 aromatic heterocycles. The van der Waals surface area contributed by atoms with Crippen LogP contribution in [-0.2, 0) is 16.1 Å². The molecule has 0 fully saturated rings. The number of hydrogen-bond donors (Lipinski definition) is 3. The fraction of sp³-hybridized carbons (Fsp3) is 0.375. The number of nitrogens with one attached hydrogen (secondary N) is 3. The lowest BCUT2D eigenvalue weighted by Crippen LogP contribution is -2.47. The zero-order valence-corrected chi connectivity index (χ0v) is 19.7. The summed E-state index contributed by atoms with van der Waals surface area (Å²) in [6.07, 6.45) is 2.75. The summed E-state index contributed by atoms with van der Waals surface area (Å²) in [5.74, 6) is -0.634. The smallest absolute Gasteiger partial charge is 0.255 e. The molecule has 0 saturated carbocycles. The molecule has 3 rings (SSSR count). The van der Waals surface area contributed by atoms with E-state index >= 15 is 0 Å². The molecule has 2 aromatic carbocycles. The van der Waals surface area contributed by atoms with Gasteiger partial charge < -0.3 is 20.7 Å². The predicted octanol–water partition coefficient (Wildman–Crippen LogP) is 3.87. The Balaban J connectivity index is 1.76. The fourth-order valence-corrected chi connectivity index (χ4v) is 3.70. The average molecular weight is 492 g/mol. The summed E-state index contributed by atoms with van der Waals surface area (Å²) < 4.78 is 5.80. The van der Waals surface area contributed by atoms with Gasteiger partial charge in [0.1, 0.15) is 11.8 Å². The van der Waals surface area contributed by atoms with Crippen molar-refractivity contribution in [2.45, 2.75) is 44.7 Å². The Labute approximate surface area is 203 Å². The van der Waals surface area contributed by atoms with E-state index < -0.39 is 11.9 Å². The van der Waals surface area contributed by atoms with E-state index in [1.807, 2.05) is 0 Å². The first-order valence-corrected chi connectivity index (χ1v) is 11.7. The highest BCUT2D eigenvalue weighted by atomic mass is 35.5. The van der Waals surface area contributed by atoms with Crippen molar-refractivity contribution in [3.8, 4) is 5.75 Å². The van der Waals surface area contributed by atoms with Crippen molar-refractivity contribution in [3.63, 3.8) is 0 Å². The molecule has 9 heteroatoms. The Hall–Kier alpha value is -2.77. The van der Waals surface area contributed by atoms with E-state index in [9.17, 15) is 14.4 Å². The van der Waals surface area contributed by atoms with E-state index in [1.54, 1.807) is 36.4 Å². The molecule has 33 heavy (non-hydrogen) atoms. The number of rotatable bonds is 3. The van der Waals surface area contributed by atoms with Gasteiger partial charge in [0.05, 0.1) is 12.2 Å². The zero-order chi connectivity index (χ0) is 23.6. The maximum atomic E-state index is 13.1. The predicted molar refractivity (Wildman–Crippen MR) is 128 cm³/mol. The molecule has 3 amide bonds. The average Bonchev–Trinajstić information content (AvgIpc) is 2.81. The van der Waals surface area contributed by atoms with Gasteiger partial charge in [-0.05, 0) is 61.6 Å². The van der Waals surface area contributed by atoms with Crippen molar-refractivity contribution in [1.82, 2.24) is 16.0 Å². The Morgan fingerprint density at radius 3 is 2.58 bits per heavy atom. The van der Waals surface area contributed by atoms with Gasteiger partial charge >= 0.3 is 0 Å². The number of amides is 3. The minimum Gasteiger partial charge on any atom is -0.493 e. The minimum atomic E-state index is -0.910. The Kier molecular flexibility index (Phi) is 9.39. The van der Waals surface area contributed by atoms with Gasteiger partial charge in [-0.1, -0.05) is 35.3 Å². The molecule has 0 unspecified atom stereocenters. The van der Waals surface area contributed by atoms with Crippen molar-refractivity contribution in [1.29, 1.82) is 0 Å². The van der Waals surface area contributed by atoms with Crippen LogP contribution in [0.3, 0.4) is 0 Å². The third kappa shape index (κ3) is 7.94. The van der Waals surface area contributed by atoms with Crippen LogP contribution in [-0.4, -0.2) is 36.9 Å². The molecule has 176 valence electrons. The van der Waals surface area contributed by atoms with Crippen LogP contribution in [0.15, 0.2) is 42.5 Å². The second-order valence-corrected chi connectivity index (χ2v) is 8.68. The highest BCUT2D eigenvalue weighted by Gasteiger charge is 2.24. The summed E-state index contributed by atoms with van der Waals surface area (Å²) >= 11 is 12.0. The molecule has 7 nitrogen and oxygen atoms in total. The number of fused-ring (bicyclic) bond motifs is 1. The summed E-state index contributed by atoms with van der Waals surface area (Å²) in [5.41, 5.74) is 1.11. The zero-order valence-electron chi connectivity index (χ0n) is 18.2. The normalized spacial score (nSPS) is 17.9. The van der Waals surface area contributed by atoms with Gasteiger partial charge in [0, 0.05) is 29.6 Å². The highest BCUT2D eigenvalue weighted by Crippen LogP contribution is 2.24. The molecule has 0 bridgehead atoms. The van der Waals surface area contributed by atoms with Crippen LogP contribution in [0.25, 0.3) is 0 Å². The molecule has 2 aromatic rings. The first-order chi connectivity index (χ1) is 15.9. The summed E-state index contributed by atoms with van der Waals surface area (Å²) in [6.45, 7) is 1.26. The summed E-state index contributed by atoms with van der Waals surface area (Å²) in [4.78, 5) is 38.2. The van der Waals surface area contributed by atoms with E-state index in [2.05, 4.69) is 16.0 Å². The van der Waals surface area contributed by atoms with Crippen LogP contribution in [0.1, 0.15) is 48.0 Å². The summed E-state index contributed by atoms with van der Waals surface area (Å²) in [7, 11) is 0. The van der Waals surface area contributed by atoms with Crippen LogP contribution < -0.4 is 20.7 Å². The van der Waals surface area contributed by atoms with Gasteiger partial charge in [-0.25, -0.2) is 0 Å². The van der Waals surface area contributed by atoms with Gasteiger partial charge in [-0.2, -0.15) is 0 Å². The van der Waals surface area contributed by atoms with Crippen LogP contribution >= 0.6 is 23.2 Å². The SMILES string of the molecule is O=C1CC[C@@H](C(=O)NCc2ccc(Cl)cc2)NC(=O)c2cc(Cl)ccc2OCCCCCN1. The fourth-order valence-electron chi connectivity index (χ4n) is 3.40. The topological polar surface area (TPSA) is 96.5 Å². The van der Waals surface area contributed by atoms with E-state index in [0.29, 0.717) is 28.9 Å². The van der Waals surface area contributed by atoms with Crippen LogP contribution in [0.4, 0.5) is 0 Å². The lowest BCUT2D eigenvalue weighted by molar-refractivity contribution is -0.124. The Morgan fingerprint density at radius 2 is 1.79 bits per heavy atom. The minimum absolute atomic E-state index is 0.109. The third-order valence-electron chi connectivity index (χ3n) is 5.25. The molecular weight excluding hydrogens is 465 g/mol. The van der Waals surface area contributed by atoms with Crippen LogP contribution in [0, 0.1) is 0 Å². The van der Waals surface area contributed by atoms with E-state index in [0.717, 1.165) is 24.8 Å². The first kappa shape index (κ1) is 24.9. The molecule has 1 aliphatic heterocycles. The van der Waals surface area contributed by atoms with Gasteiger partial charge in [0.15, 0.2) is 0 Å². The van der Waals surface area contributed by atoms with E-state index in [1.165, 1.54) is 6.07 Å². The largest absolute Gasteiger partial charge is 0.493 e. The molecule has 0 radical (unpaired) electrons. The number of halogens is 2.